The molecule has 0 aliphatic carbocycles. The first-order valence-electron chi connectivity index (χ1n) is 15.3. The fourth-order valence-corrected chi connectivity index (χ4v) is 4.61. The molecule has 0 spiro atoms. The molecule has 1 saturated heterocycles. The van der Waals surface area contributed by atoms with E-state index < -0.39 is 29.9 Å². The van der Waals surface area contributed by atoms with Gasteiger partial charge in [-0.3, -0.25) is 43.6 Å². The van der Waals surface area contributed by atoms with Crippen molar-refractivity contribution in [3.8, 4) is 0 Å². The molecule has 18 nitrogen and oxygen atoms in total. The summed E-state index contributed by atoms with van der Waals surface area (Å²) in [4.78, 5) is 76.3. The summed E-state index contributed by atoms with van der Waals surface area (Å²) in [6, 6.07) is -0.663. The Balaban J connectivity index is 2.58. The molecule has 0 aromatic rings. The number of ether oxygens (including phenoxy) is 3. The third-order valence-corrected chi connectivity index (χ3v) is 7.05. The summed E-state index contributed by atoms with van der Waals surface area (Å²) in [5.41, 5.74) is 5.02. The van der Waals surface area contributed by atoms with Crippen molar-refractivity contribution in [1.29, 1.82) is 0 Å². The van der Waals surface area contributed by atoms with Gasteiger partial charge in [-0.05, 0) is 6.42 Å². The van der Waals surface area contributed by atoms with Crippen molar-refractivity contribution in [2.24, 2.45) is 5.73 Å². The van der Waals surface area contributed by atoms with Crippen molar-refractivity contribution in [1.82, 2.24) is 24.9 Å². The van der Waals surface area contributed by atoms with E-state index in [9.17, 15) is 44.1 Å². The van der Waals surface area contributed by atoms with Gasteiger partial charge in [0.05, 0.1) is 65.3 Å². The number of nitrogens with one attached hydrogen (secondary N) is 1. The van der Waals surface area contributed by atoms with Crippen LogP contribution in [0.25, 0.3) is 0 Å². The number of carbonyl (C=O) groups is 6. The van der Waals surface area contributed by atoms with Crippen LogP contribution in [0.3, 0.4) is 0 Å². The summed E-state index contributed by atoms with van der Waals surface area (Å²) < 4.78 is 15.9. The quantitative estimate of drug-likeness (QED) is 0.0536. The lowest BCUT2D eigenvalue weighted by Gasteiger charge is -2.35. The monoisotopic (exact) mass is 662 g/mol. The van der Waals surface area contributed by atoms with E-state index in [0.29, 0.717) is 26.4 Å². The Morgan fingerprint density at radius 3 is 1.48 bits per heavy atom. The van der Waals surface area contributed by atoms with Gasteiger partial charge in [0.15, 0.2) is 0 Å². The van der Waals surface area contributed by atoms with Crippen molar-refractivity contribution < 1.29 is 58.3 Å². The van der Waals surface area contributed by atoms with Crippen molar-refractivity contribution in [2.45, 2.75) is 25.3 Å². The smallest absolute Gasteiger partial charge is 0.317 e. The van der Waals surface area contributed by atoms with Crippen LogP contribution in [0.4, 0.5) is 0 Å². The number of aldehydes is 1. The van der Waals surface area contributed by atoms with Crippen LogP contribution in [0, 0.1) is 0 Å². The van der Waals surface area contributed by atoms with Gasteiger partial charge in [0, 0.05) is 71.7 Å². The Labute approximate surface area is 268 Å². The molecule has 0 radical (unpaired) electrons. The maximum atomic E-state index is 12.4. The first-order chi connectivity index (χ1) is 22.0. The van der Waals surface area contributed by atoms with Gasteiger partial charge in [0.1, 0.15) is 6.29 Å². The number of hydrogen-bond acceptors (Lipinski definition) is 13. The van der Waals surface area contributed by atoms with Crippen LogP contribution in [0.2, 0.25) is 0 Å². The second kappa shape index (κ2) is 24.9. The molecule has 1 aliphatic heterocycles. The molecular weight excluding hydrogens is 612 g/mol. The predicted octanol–water partition coefficient (Wildman–Crippen LogP) is -3.15. The molecule has 1 unspecified atom stereocenters. The van der Waals surface area contributed by atoms with E-state index in [1.807, 2.05) is 4.90 Å². The zero-order valence-corrected chi connectivity index (χ0v) is 26.4. The maximum Gasteiger partial charge on any atom is 0.317 e. The Morgan fingerprint density at radius 1 is 0.652 bits per heavy atom. The van der Waals surface area contributed by atoms with Gasteiger partial charge in [-0.2, -0.15) is 0 Å². The Kier molecular flexibility index (Phi) is 22.1. The number of hydrogen-bond donors (Lipinski definition) is 5. The number of aliphatic carboxylic acids is 3. The number of carboxylic acids is 3. The summed E-state index contributed by atoms with van der Waals surface area (Å²) in [6.07, 6.45) is 1.15. The summed E-state index contributed by atoms with van der Waals surface area (Å²) in [5.74, 6) is -3.82. The molecule has 6 N–H and O–H groups in total. The highest BCUT2D eigenvalue weighted by atomic mass is 16.5. The normalized spacial score (nSPS) is 17.0. The van der Waals surface area contributed by atoms with E-state index in [1.165, 1.54) is 0 Å². The van der Waals surface area contributed by atoms with Gasteiger partial charge in [-0.1, -0.05) is 0 Å². The third kappa shape index (κ3) is 21.5. The average Bonchev–Trinajstić information content (AvgIpc) is 2.97. The summed E-state index contributed by atoms with van der Waals surface area (Å²) in [7, 11) is 0. The van der Waals surface area contributed by atoms with Gasteiger partial charge in [0.2, 0.25) is 11.8 Å². The van der Waals surface area contributed by atoms with Crippen LogP contribution in [-0.2, 0) is 43.0 Å². The number of nitrogens with zero attached hydrogens (tertiary/aromatic N) is 4. The topological polar surface area (TPSA) is 242 Å². The van der Waals surface area contributed by atoms with Gasteiger partial charge < -0.3 is 45.4 Å². The van der Waals surface area contributed by atoms with E-state index >= 15 is 0 Å². The van der Waals surface area contributed by atoms with Crippen LogP contribution in [0.5, 0.6) is 0 Å². The SMILES string of the molecule is NC(=O)CCOCCOCCOCCNC(=O)CCC(C=O)N1CCN(CC(=O)O)CCN(CC(=O)O)CCN(CC(=O)O)CC1. The van der Waals surface area contributed by atoms with E-state index in [-0.39, 0.29) is 117 Å². The molecule has 264 valence electrons. The molecule has 1 atom stereocenters. The average molecular weight is 663 g/mol. The van der Waals surface area contributed by atoms with Crippen molar-refractivity contribution in [2.75, 3.05) is 118 Å². The lowest BCUT2D eigenvalue weighted by atomic mass is 10.1. The van der Waals surface area contributed by atoms with E-state index in [0.717, 1.165) is 6.29 Å². The van der Waals surface area contributed by atoms with Crippen molar-refractivity contribution in [3.63, 3.8) is 0 Å². The highest BCUT2D eigenvalue weighted by Crippen LogP contribution is 2.08. The molecule has 1 aliphatic rings. The highest BCUT2D eigenvalue weighted by Gasteiger charge is 2.24. The van der Waals surface area contributed by atoms with Gasteiger partial charge in [-0.25, -0.2) is 0 Å². The van der Waals surface area contributed by atoms with Crippen LogP contribution in [-0.4, -0.2) is 195 Å². The third-order valence-electron chi connectivity index (χ3n) is 7.05. The molecule has 18 heteroatoms. The number of amides is 2. The van der Waals surface area contributed by atoms with Gasteiger partial charge in [-0.15, -0.1) is 0 Å². The Morgan fingerprint density at radius 2 is 1.07 bits per heavy atom. The standard InChI is InChI=1S/C28H50N6O12/c29-24(36)3-13-44-15-17-46-18-16-45-14-4-30-25(37)2-1-23(22-35)34-11-9-32(20-27(40)41)7-5-31(19-26(38)39)6-8-33(10-12-34)21-28(42)43/h22-23H,1-21H2,(H2,29,36)(H,30,37)(H,38,39)(H,40,41)(H,42,43). The minimum Gasteiger partial charge on any atom is -0.480 e. The molecule has 1 rings (SSSR count). The molecule has 2 amide bonds. The number of carboxylic acid groups (broad SMARTS) is 3. The van der Waals surface area contributed by atoms with Crippen LogP contribution >= 0.6 is 0 Å². The lowest BCUT2D eigenvalue weighted by molar-refractivity contribution is -0.140. The van der Waals surface area contributed by atoms with Gasteiger partial charge in [0.25, 0.3) is 0 Å². The molecule has 1 fully saturated rings. The van der Waals surface area contributed by atoms with Crippen LogP contribution in [0.15, 0.2) is 0 Å². The largest absolute Gasteiger partial charge is 0.480 e. The van der Waals surface area contributed by atoms with Gasteiger partial charge >= 0.3 is 17.9 Å². The van der Waals surface area contributed by atoms with E-state index in [2.05, 4.69) is 5.32 Å². The molecule has 0 aromatic heterocycles. The molecule has 0 aromatic carbocycles. The fourth-order valence-electron chi connectivity index (χ4n) is 4.61. The zero-order chi connectivity index (χ0) is 34.2. The van der Waals surface area contributed by atoms with Crippen LogP contribution < -0.4 is 11.1 Å². The summed E-state index contributed by atoms with van der Waals surface area (Å²) >= 11 is 0. The van der Waals surface area contributed by atoms with E-state index in [1.54, 1.807) is 14.7 Å². The lowest BCUT2D eigenvalue weighted by Crippen LogP contribution is -2.50. The predicted molar refractivity (Wildman–Crippen MR) is 162 cm³/mol. The summed E-state index contributed by atoms with van der Waals surface area (Å²) in [6.45, 7) is 3.46. The second-order valence-electron chi connectivity index (χ2n) is 10.7. The Bertz CT molecular complexity index is 911. The number of rotatable bonds is 23. The number of carbonyl (C=O) groups excluding carboxylic acids is 3. The first kappa shape index (κ1) is 40.8. The second-order valence-corrected chi connectivity index (χ2v) is 10.7. The molecular formula is C28H50N6O12. The molecule has 1 heterocycles. The minimum absolute atomic E-state index is 0.0562. The zero-order valence-electron chi connectivity index (χ0n) is 26.4. The maximum absolute atomic E-state index is 12.4. The molecule has 0 bridgehead atoms. The van der Waals surface area contributed by atoms with Crippen molar-refractivity contribution in [3.05, 3.63) is 0 Å². The van der Waals surface area contributed by atoms with Crippen molar-refractivity contribution >= 4 is 36.0 Å². The highest BCUT2D eigenvalue weighted by molar-refractivity contribution is 5.76. The van der Waals surface area contributed by atoms with Crippen LogP contribution in [0.1, 0.15) is 19.3 Å². The molecule has 0 saturated carbocycles. The number of nitrogens with two attached hydrogens (primary N) is 1. The summed E-state index contributed by atoms with van der Waals surface area (Å²) in [5, 5.41) is 30.8. The van der Waals surface area contributed by atoms with E-state index in [4.69, 9.17) is 19.9 Å². The number of primary amides is 1. The first-order valence-corrected chi connectivity index (χ1v) is 15.3. The minimum atomic E-state index is -1.04. The fraction of sp³-hybridized carbons (Fsp3) is 0.786. The molecule has 46 heavy (non-hydrogen) atoms. The Hall–Kier alpha value is -3.26.